The van der Waals surface area contributed by atoms with Gasteiger partial charge in [-0.05, 0) is 72.9 Å². The first-order chi connectivity index (χ1) is 18.5. The highest BCUT2D eigenvalue weighted by Crippen LogP contribution is 2.27. The van der Waals surface area contributed by atoms with Crippen molar-refractivity contribution in [3.63, 3.8) is 0 Å². The summed E-state index contributed by atoms with van der Waals surface area (Å²) in [5.41, 5.74) is 11.4. The number of benzene rings is 1. The zero-order valence-corrected chi connectivity index (χ0v) is 23.5. The summed E-state index contributed by atoms with van der Waals surface area (Å²) in [5.74, 6) is -0.947. The molecule has 1 aliphatic rings. The molecule has 3 aromatic rings. The van der Waals surface area contributed by atoms with Crippen LogP contribution in [0.25, 0.3) is 11.3 Å². The number of aryl methyl sites for hydroxylation is 3. The molecule has 39 heavy (non-hydrogen) atoms. The monoisotopic (exact) mass is 532 g/mol. The molecule has 0 saturated carbocycles. The number of anilines is 1. The van der Waals surface area contributed by atoms with Crippen LogP contribution in [-0.2, 0) is 20.6 Å². The van der Waals surface area contributed by atoms with E-state index in [1.807, 2.05) is 50.1 Å². The molecule has 8 nitrogen and oxygen atoms in total. The van der Waals surface area contributed by atoms with Gasteiger partial charge >= 0.3 is 0 Å². The largest absolute Gasteiger partial charge is 0.396 e. The van der Waals surface area contributed by atoms with Gasteiger partial charge in [0.05, 0.1) is 11.4 Å². The third-order valence-electron chi connectivity index (χ3n) is 7.35. The fraction of sp³-hybridized carbons (Fsp3) is 0.333. The average Bonchev–Trinajstić information content (AvgIpc) is 2.91. The zero-order chi connectivity index (χ0) is 28.4. The van der Waals surface area contributed by atoms with Crippen molar-refractivity contribution in [2.75, 3.05) is 32.9 Å². The van der Waals surface area contributed by atoms with E-state index in [-0.39, 0.29) is 11.6 Å². The fourth-order valence-corrected chi connectivity index (χ4v) is 4.91. The number of rotatable bonds is 5. The van der Waals surface area contributed by atoms with Crippen LogP contribution in [0.2, 0.25) is 0 Å². The minimum atomic E-state index is -0.951. The number of nitrogens with zero attached hydrogens (tertiary/aromatic N) is 5. The molecule has 1 aromatic carbocycles. The lowest BCUT2D eigenvalue weighted by Gasteiger charge is -2.28. The van der Waals surface area contributed by atoms with Gasteiger partial charge in [0, 0.05) is 71.5 Å². The maximum atomic E-state index is 14.3. The molecule has 2 aromatic heterocycles. The number of halogens is 1. The van der Waals surface area contributed by atoms with Crippen LogP contribution < -0.4 is 11.3 Å². The topological polar surface area (TPSA) is 81.4 Å². The highest BCUT2D eigenvalue weighted by atomic mass is 19.1. The van der Waals surface area contributed by atoms with Crippen LogP contribution in [0.5, 0.6) is 0 Å². The molecule has 0 radical (unpaired) electrons. The van der Waals surface area contributed by atoms with E-state index in [0.717, 1.165) is 36.3 Å². The molecule has 2 N–H and O–H groups in total. The molecule has 1 amide bonds. The van der Waals surface area contributed by atoms with Gasteiger partial charge in [0.2, 0.25) is 5.82 Å². The van der Waals surface area contributed by atoms with Crippen molar-refractivity contribution in [2.45, 2.75) is 26.8 Å². The Balaban J connectivity index is 1.60. The van der Waals surface area contributed by atoms with Crippen LogP contribution in [0.15, 0.2) is 59.7 Å². The van der Waals surface area contributed by atoms with Crippen LogP contribution in [-0.4, -0.2) is 56.8 Å². The third kappa shape index (κ3) is 5.83. The SMILES string of the molecule is Cc1cc(C(=O)N(C)C)ccc1C1=CCN(Cc2cc(C)c(-n3ccc(N)c(F)c3=O)ccn(C)n2C)CC1. The highest BCUT2D eigenvalue weighted by Gasteiger charge is 2.18. The van der Waals surface area contributed by atoms with Gasteiger partial charge in [-0.3, -0.25) is 28.4 Å². The van der Waals surface area contributed by atoms with E-state index < -0.39 is 11.4 Å². The van der Waals surface area contributed by atoms with Crippen molar-refractivity contribution >= 4 is 17.2 Å². The molecular formula is C30H37FN6O2. The molecule has 0 fully saturated rings. The molecule has 3 heterocycles. The predicted molar refractivity (Wildman–Crippen MR) is 154 cm³/mol. The average molecular weight is 533 g/mol. The molecule has 4 rings (SSSR count). The highest BCUT2D eigenvalue weighted by molar-refractivity contribution is 5.94. The molecule has 0 bridgehead atoms. The molecule has 1 aliphatic heterocycles. The Hall–Kier alpha value is -4.11. The van der Waals surface area contributed by atoms with Crippen LogP contribution in [0, 0.1) is 19.7 Å². The molecule has 0 atom stereocenters. The van der Waals surface area contributed by atoms with E-state index in [1.165, 1.54) is 28.0 Å². The Morgan fingerprint density at radius 3 is 2.44 bits per heavy atom. The number of pyridine rings is 1. The van der Waals surface area contributed by atoms with E-state index in [1.54, 1.807) is 25.1 Å². The number of hydrogen-bond donors (Lipinski definition) is 1. The smallest absolute Gasteiger partial charge is 0.293 e. The molecule has 0 spiro atoms. The van der Waals surface area contributed by atoms with Crippen LogP contribution in [0.4, 0.5) is 10.1 Å². The van der Waals surface area contributed by atoms with Gasteiger partial charge in [-0.25, -0.2) is 0 Å². The number of amides is 1. The molecular weight excluding hydrogens is 495 g/mol. The van der Waals surface area contributed by atoms with Crippen molar-refractivity contribution in [3.8, 4) is 5.69 Å². The molecule has 0 unspecified atom stereocenters. The van der Waals surface area contributed by atoms with Crippen LogP contribution >= 0.6 is 0 Å². The van der Waals surface area contributed by atoms with Gasteiger partial charge in [-0.15, -0.1) is 0 Å². The zero-order valence-electron chi connectivity index (χ0n) is 23.5. The molecule has 9 heteroatoms. The summed E-state index contributed by atoms with van der Waals surface area (Å²) in [6.45, 7) is 6.34. The van der Waals surface area contributed by atoms with E-state index in [4.69, 9.17) is 5.73 Å². The minimum absolute atomic E-state index is 0.00348. The molecule has 0 aliphatic carbocycles. The summed E-state index contributed by atoms with van der Waals surface area (Å²) < 4.78 is 19.6. The van der Waals surface area contributed by atoms with Crippen molar-refractivity contribution < 1.29 is 9.18 Å². The summed E-state index contributed by atoms with van der Waals surface area (Å²) in [7, 11) is 7.44. The maximum absolute atomic E-state index is 14.3. The summed E-state index contributed by atoms with van der Waals surface area (Å²) in [6.07, 6.45) is 6.52. The lowest BCUT2D eigenvalue weighted by molar-refractivity contribution is 0.0827. The van der Waals surface area contributed by atoms with Gasteiger partial charge in [-0.2, -0.15) is 4.39 Å². The van der Waals surface area contributed by atoms with Gasteiger partial charge in [0.25, 0.3) is 11.5 Å². The summed E-state index contributed by atoms with van der Waals surface area (Å²) in [6, 6.07) is 11.2. The Labute approximate surface area is 228 Å². The Morgan fingerprint density at radius 1 is 1.05 bits per heavy atom. The lowest BCUT2D eigenvalue weighted by Crippen LogP contribution is -2.30. The van der Waals surface area contributed by atoms with Crippen LogP contribution in [0.3, 0.4) is 0 Å². The van der Waals surface area contributed by atoms with Gasteiger partial charge in [0.1, 0.15) is 0 Å². The van der Waals surface area contributed by atoms with Gasteiger partial charge in [0.15, 0.2) is 0 Å². The van der Waals surface area contributed by atoms with Crippen molar-refractivity contribution in [3.05, 3.63) is 99.0 Å². The van der Waals surface area contributed by atoms with E-state index in [2.05, 4.69) is 28.6 Å². The van der Waals surface area contributed by atoms with Crippen molar-refractivity contribution in [1.82, 2.24) is 23.7 Å². The predicted octanol–water partition coefficient (Wildman–Crippen LogP) is 3.97. The fourth-order valence-electron chi connectivity index (χ4n) is 4.91. The second-order valence-corrected chi connectivity index (χ2v) is 10.3. The van der Waals surface area contributed by atoms with E-state index >= 15 is 0 Å². The second-order valence-electron chi connectivity index (χ2n) is 10.3. The quantitative estimate of drug-likeness (QED) is 0.539. The Morgan fingerprint density at radius 2 is 1.79 bits per heavy atom. The van der Waals surface area contributed by atoms with Crippen LogP contribution in [0.1, 0.15) is 39.2 Å². The number of hydrogen-bond acceptors (Lipinski definition) is 4. The molecule has 0 saturated heterocycles. The second kappa shape index (κ2) is 11.3. The molecule has 206 valence electrons. The first-order valence-electron chi connectivity index (χ1n) is 12.9. The number of carbonyl (C=O) groups excluding carboxylic acids is 1. The first kappa shape index (κ1) is 27.9. The summed E-state index contributed by atoms with van der Waals surface area (Å²) >= 11 is 0. The lowest BCUT2D eigenvalue weighted by atomic mass is 9.94. The number of aromatic nitrogens is 3. The van der Waals surface area contributed by atoms with Crippen molar-refractivity contribution in [1.29, 1.82) is 0 Å². The minimum Gasteiger partial charge on any atom is -0.396 e. The Bertz CT molecular complexity index is 1560. The van der Waals surface area contributed by atoms with Gasteiger partial charge < -0.3 is 10.6 Å². The van der Waals surface area contributed by atoms with E-state index in [0.29, 0.717) is 17.8 Å². The number of nitrogens with two attached hydrogens (primary N) is 1. The Kier molecular flexibility index (Phi) is 8.11. The number of nitrogen functional groups attached to an aromatic ring is 1. The normalized spacial score (nSPS) is 13.7. The maximum Gasteiger partial charge on any atom is 0.293 e. The number of carbonyl (C=O) groups is 1. The first-order valence-corrected chi connectivity index (χ1v) is 12.9. The van der Waals surface area contributed by atoms with Gasteiger partial charge in [-0.1, -0.05) is 12.1 Å². The summed E-state index contributed by atoms with van der Waals surface area (Å²) in [4.78, 5) is 28.9. The van der Waals surface area contributed by atoms with Crippen molar-refractivity contribution in [2.24, 2.45) is 14.1 Å². The standard InChI is InChI=1S/C30H37FN6O2/c1-20-17-23(29(38)33(3)4)7-8-25(20)22-9-14-36(15-10-22)19-24-18-21(2)27(12-13-34(5)35(24)6)37-16-11-26(32)28(31)30(37)39/h7-9,11-13,16-18H,10,14-15,19,32H2,1-6H3. The summed E-state index contributed by atoms with van der Waals surface area (Å²) in [5, 5.41) is 0. The van der Waals surface area contributed by atoms with E-state index in [9.17, 15) is 14.0 Å². The third-order valence-corrected chi connectivity index (χ3v) is 7.35.